The second-order valence-corrected chi connectivity index (χ2v) is 9.30. The molecule has 1 nitrogen and oxygen atoms in total. The quantitative estimate of drug-likeness (QED) is 0.283. The lowest BCUT2D eigenvalue weighted by Crippen LogP contribution is -2.09. The minimum Gasteiger partial charge on any atom is -0.311 e. The van der Waals surface area contributed by atoms with Crippen molar-refractivity contribution in [1.82, 2.24) is 0 Å². The lowest BCUT2D eigenvalue weighted by Gasteiger charge is -2.26. The molecule has 0 amide bonds. The molecule has 0 aliphatic heterocycles. The van der Waals surface area contributed by atoms with Gasteiger partial charge in [-0.3, -0.25) is 0 Å². The number of aryl methyl sites for hydroxylation is 2. The Morgan fingerprint density at radius 1 is 0.467 bits per heavy atom. The van der Waals surface area contributed by atoms with Crippen molar-refractivity contribution in [3.63, 3.8) is 0 Å². The molecule has 0 N–H and O–H groups in total. The largest absolute Gasteiger partial charge is 0.311 e. The maximum absolute atomic E-state index is 2.31. The third-order valence-electron chi connectivity index (χ3n) is 4.97. The highest BCUT2D eigenvalue weighted by Crippen LogP contribution is 2.37. The Bertz CT molecular complexity index is 1040. The molecule has 0 aromatic heterocycles. The number of nitrogens with zero attached hydrogens (tertiary/aromatic N) is 1. The highest BCUT2D eigenvalue weighted by molar-refractivity contribution is 7.99. The SMILES string of the molecule is CSc1ccc(Sc2ccc(N(c3ccc(C)cc3)c3ccc(C)cc3)cc2)cc1. The topological polar surface area (TPSA) is 3.24 Å². The lowest BCUT2D eigenvalue weighted by molar-refractivity contribution is 1.25. The summed E-state index contributed by atoms with van der Waals surface area (Å²) in [4.78, 5) is 6.10. The molecule has 0 bridgehead atoms. The summed E-state index contributed by atoms with van der Waals surface area (Å²) in [6.45, 7) is 4.25. The van der Waals surface area contributed by atoms with Crippen molar-refractivity contribution in [2.45, 2.75) is 28.5 Å². The van der Waals surface area contributed by atoms with Crippen molar-refractivity contribution in [3.8, 4) is 0 Å². The van der Waals surface area contributed by atoms with Crippen LogP contribution in [0.4, 0.5) is 17.1 Å². The van der Waals surface area contributed by atoms with Crippen LogP contribution in [0, 0.1) is 13.8 Å². The molecule has 4 aromatic carbocycles. The van der Waals surface area contributed by atoms with Gasteiger partial charge < -0.3 is 4.90 Å². The summed E-state index contributed by atoms with van der Waals surface area (Å²) in [6, 6.07) is 35.0. The van der Waals surface area contributed by atoms with Crippen LogP contribution in [0.1, 0.15) is 11.1 Å². The predicted molar refractivity (Wildman–Crippen MR) is 133 cm³/mol. The van der Waals surface area contributed by atoms with Crippen LogP contribution < -0.4 is 4.90 Å². The van der Waals surface area contributed by atoms with Crippen LogP contribution in [0.5, 0.6) is 0 Å². The zero-order valence-corrected chi connectivity index (χ0v) is 19.1. The minimum absolute atomic E-state index is 1.16. The molecule has 0 aliphatic carbocycles. The van der Waals surface area contributed by atoms with E-state index in [2.05, 4.69) is 122 Å². The Balaban J connectivity index is 1.63. The molecule has 0 atom stereocenters. The van der Waals surface area contributed by atoms with Gasteiger partial charge in [0.25, 0.3) is 0 Å². The highest BCUT2D eigenvalue weighted by atomic mass is 32.2. The van der Waals surface area contributed by atoms with Gasteiger partial charge >= 0.3 is 0 Å². The molecule has 0 fully saturated rings. The number of hydrogen-bond acceptors (Lipinski definition) is 3. The summed E-state index contributed by atoms with van der Waals surface area (Å²) in [5.74, 6) is 0. The zero-order valence-electron chi connectivity index (χ0n) is 17.5. The van der Waals surface area contributed by atoms with E-state index in [1.807, 2.05) is 0 Å². The van der Waals surface area contributed by atoms with E-state index in [0.29, 0.717) is 0 Å². The maximum Gasteiger partial charge on any atom is 0.0462 e. The standard InChI is InChI=1S/C27H25NS2/c1-20-4-8-22(9-5-20)28(23-10-6-21(2)7-11-23)24-12-14-26(15-13-24)30-27-18-16-25(29-3)17-19-27/h4-19H,1-3H3. The van der Waals surface area contributed by atoms with Gasteiger partial charge in [0.05, 0.1) is 0 Å². The molecule has 30 heavy (non-hydrogen) atoms. The summed E-state index contributed by atoms with van der Waals surface area (Å²) >= 11 is 3.57. The van der Waals surface area contributed by atoms with Gasteiger partial charge in [-0.15, -0.1) is 11.8 Å². The van der Waals surface area contributed by atoms with Gasteiger partial charge in [-0.2, -0.15) is 0 Å². The second-order valence-electron chi connectivity index (χ2n) is 7.28. The average Bonchev–Trinajstić information content (AvgIpc) is 2.78. The molecular formula is C27H25NS2. The van der Waals surface area contributed by atoms with E-state index in [0.717, 1.165) is 17.1 Å². The van der Waals surface area contributed by atoms with E-state index in [1.54, 1.807) is 23.5 Å². The smallest absolute Gasteiger partial charge is 0.0462 e. The average molecular weight is 428 g/mol. The van der Waals surface area contributed by atoms with Crippen LogP contribution in [-0.4, -0.2) is 6.26 Å². The third-order valence-corrected chi connectivity index (χ3v) is 6.73. The van der Waals surface area contributed by atoms with Crippen LogP contribution >= 0.6 is 23.5 Å². The van der Waals surface area contributed by atoms with E-state index in [1.165, 1.54) is 25.8 Å². The molecule has 150 valence electrons. The fourth-order valence-corrected chi connectivity index (χ4v) is 4.50. The van der Waals surface area contributed by atoms with Gasteiger partial charge in [-0.05, 0) is 92.9 Å². The van der Waals surface area contributed by atoms with E-state index in [9.17, 15) is 0 Å². The van der Waals surface area contributed by atoms with E-state index >= 15 is 0 Å². The van der Waals surface area contributed by atoms with Gasteiger partial charge in [0.1, 0.15) is 0 Å². The van der Waals surface area contributed by atoms with E-state index in [4.69, 9.17) is 0 Å². The Hall–Kier alpha value is -2.62. The summed E-state index contributed by atoms with van der Waals surface area (Å²) in [6.07, 6.45) is 2.11. The van der Waals surface area contributed by atoms with Crippen molar-refractivity contribution in [2.24, 2.45) is 0 Å². The number of hydrogen-bond donors (Lipinski definition) is 0. The van der Waals surface area contributed by atoms with Gasteiger partial charge in [-0.1, -0.05) is 47.2 Å². The molecule has 0 heterocycles. The Morgan fingerprint density at radius 3 is 1.20 bits per heavy atom. The molecule has 0 radical (unpaired) electrons. The first kappa shape index (κ1) is 20.6. The van der Waals surface area contributed by atoms with Gasteiger partial charge in [0.15, 0.2) is 0 Å². The Labute approximate surface area is 188 Å². The first-order valence-corrected chi connectivity index (χ1v) is 12.0. The monoisotopic (exact) mass is 427 g/mol. The van der Waals surface area contributed by atoms with Crippen molar-refractivity contribution < 1.29 is 0 Å². The third kappa shape index (κ3) is 4.92. The van der Waals surface area contributed by atoms with E-state index in [-0.39, 0.29) is 0 Å². The lowest BCUT2D eigenvalue weighted by atomic mass is 10.1. The van der Waals surface area contributed by atoms with Gasteiger partial charge in [0.2, 0.25) is 0 Å². The highest BCUT2D eigenvalue weighted by Gasteiger charge is 2.12. The van der Waals surface area contributed by atoms with Crippen molar-refractivity contribution in [3.05, 3.63) is 108 Å². The molecule has 0 spiro atoms. The molecule has 0 unspecified atom stereocenters. The molecule has 4 rings (SSSR count). The van der Waals surface area contributed by atoms with Gasteiger partial charge in [0, 0.05) is 31.7 Å². The summed E-state index contributed by atoms with van der Waals surface area (Å²) in [7, 11) is 0. The molecule has 4 aromatic rings. The fraction of sp³-hybridized carbons (Fsp3) is 0.111. The first-order chi connectivity index (χ1) is 14.6. The Morgan fingerprint density at radius 2 is 0.800 bits per heavy atom. The molecule has 0 saturated carbocycles. The molecule has 0 saturated heterocycles. The predicted octanol–water partition coefficient (Wildman–Crippen LogP) is 8.65. The van der Waals surface area contributed by atoms with Crippen LogP contribution in [0.3, 0.4) is 0 Å². The maximum atomic E-state index is 2.31. The summed E-state index contributed by atoms with van der Waals surface area (Å²) in [5.41, 5.74) is 6.02. The number of thioether (sulfide) groups is 1. The van der Waals surface area contributed by atoms with Crippen molar-refractivity contribution >= 4 is 40.6 Å². The van der Waals surface area contributed by atoms with Gasteiger partial charge in [-0.25, -0.2) is 0 Å². The van der Waals surface area contributed by atoms with Crippen LogP contribution in [0.25, 0.3) is 0 Å². The van der Waals surface area contributed by atoms with E-state index < -0.39 is 0 Å². The number of rotatable bonds is 6. The van der Waals surface area contributed by atoms with Crippen LogP contribution in [-0.2, 0) is 0 Å². The van der Waals surface area contributed by atoms with Crippen LogP contribution in [0.15, 0.2) is 112 Å². The van der Waals surface area contributed by atoms with Crippen molar-refractivity contribution in [2.75, 3.05) is 11.2 Å². The Kier molecular flexibility index (Phi) is 6.51. The molecule has 3 heteroatoms. The molecular weight excluding hydrogens is 402 g/mol. The first-order valence-electron chi connectivity index (χ1n) is 9.98. The summed E-state index contributed by atoms with van der Waals surface area (Å²) in [5, 5.41) is 0. The number of anilines is 3. The van der Waals surface area contributed by atoms with Crippen molar-refractivity contribution in [1.29, 1.82) is 0 Å². The fourth-order valence-electron chi connectivity index (χ4n) is 3.28. The summed E-state index contributed by atoms with van der Waals surface area (Å²) < 4.78 is 0. The zero-order chi connectivity index (χ0) is 20.9. The normalized spacial score (nSPS) is 10.8. The number of benzene rings is 4. The van der Waals surface area contributed by atoms with Crippen LogP contribution in [0.2, 0.25) is 0 Å². The minimum atomic E-state index is 1.16. The second kappa shape index (κ2) is 9.46. The molecule has 0 aliphatic rings.